The van der Waals surface area contributed by atoms with Crippen molar-refractivity contribution in [3.63, 3.8) is 0 Å². The lowest BCUT2D eigenvalue weighted by Crippen LogP contribution is -2.21. The summed E-state index contributed by atoms with van der Waals surface area (Å²) in [6.45, 7) is 9.55. The van der Waals surface area contributed by atoms with E-state index >= 15 is 0 Å². The lowest BCUT2D eigenvalue weighted by Gasteiger charge is -2.07. The predicted octanol–water partition coefficient (Wildman–Crippen LogP) is 4.74. The van der Waals surface area contributed by atoms with Crippen LogP contribution in [0, 0.1) is 13.8 Å². The predicted molar refractivity (Wildman–Crippen MR) is 88.6 cm³/mol. The van der Waals surface area contributed by atoms with Crippen molar-refractivity contribution < 1.29 is 9.15 Å². The summed E-state index contributed by atoms with van der Waals surface area (Å²) in [5.41, 5.74) is 2.32. The van der Waals surface area contributed by atoms with Gasteiger partial charge in [-0.25, -0.2) is 0 Å². The van der Waals surface area contributed by atoms with Crippen LogP contribution >= 0.6 is 15.9 Å². The molecule has 0 spiro atoms. The average Bonchev–Trinajstić information content (AvgIpc) is 2.78. The average molecular weight is 352 g/mol. The maximum Gasteiger partial charge on any atom is 0.146 e. The van der Waals surface area contributed by atoms with Crippen molar-refractivity contribution in [1.82, 2.24) is 5.32 Å². The molecule has 0 bridgehead atoms. The summed E-state index contributed by atoms with van der Waals surface area (Å²) in [7, 11) is 0. The van der Waals surface area contributed by atoms with Gasteiger partial charge >= 0.3 is 0 Å². The van der Waals surface area contributed by atoms with E-state index in [-0.39, 0.29) is 0 Å². The summed E-state index contributed by atoms with van der Waals surface area (Å²) in [5, 5.41) is 3.36. The van der Waals surface area contributed by atoms with E-state index in [1.807, 2.05) is 31.2 Å². The molecule has 2 rings (SSSR count). The summed E-state index contributed by atoms with van der Waals surface area (Å²) >= 11 is 3.49. The summed E-state index contributed by atoms with van der Waals surface area (Å²) in [4.78, 5) is 0. The van der Waals surface area contributed by atoms with E-state index in [9.17, 15) is 0 Å². The number of rotatable bonds is 6. The van der Waals surface area contributed by atoms with Gasteiger partial charge in [0.1, 0.15) is 23.9 Å². The van der Waals surface area contributed by atoms with Crippen molar-refractivity contribution in [3.8, 4) is 5.75 Å². The monoisotopic (exact) mass is 351 g/mol. The minimum absolute atomic E-state index is 0.444. The molecule has 0 radical (unpaired) electrons. The second-order valence-corrected chi connectivity index (χ2v) is 6.41. The molecule has 0 saturated heterocycles. The largest absolute Gasteiger partial charge is 0.486 e. The Morgan fingerprint density at radius 3 is 2.62 bits per heavy atom. The molecule has 0 aliphatic heterocycles. The van der Waals surface area contributed by atoms with Crippen LogP contribution in [-0.4, -0.2) is 6.04 Å². The van der Waals surface area contributed by atoms with E-state index in [0.717, 1.165) is 39.4 Å². The van der Waals surface area contributed by atoms with Gasteiger partial charge in [0.15, 0.2) is 0 Å². The third-order valence-electron chi connectivity index (χ3n) is 3.25. The molecular weight excluding hydrogens is 330 g/mol. The van der Waals surface area contributed by atoms with Gasteiger partial charge in [-0.15, -0.1) is 0 Å². The van der Waals surface area contributed by atoms with Crippen LogP contribution in [0.5, 0.6) is 5.75 Å². The third kappa shape index (κ3) is 4.61. The first kappa shape index (κ1) is 16.1. The van der Waals surface area contributed by atoms with Crippen molar-refractivity contribution in [1.29, 1.82) is 0 Å². The van der Waals surface area contributed by atoms with Crippen molar-refractivity contribution in [3.05, 3.63) is 51.4 Å². The van der Waals surface area contributed by atoms with E-state index in [1.54, 1.807) is 0 Å². The van der Waals surface area contributed by atoms with Crippen LogP contribution in [0.4, 0.5) is 0 Å². The molecule has 1 aromatic carbocycles. The number of nitrogens with one attached hydrogen (secondary N) is 1. The molecule has 21 heavy (non-hydrogen) atoms. The molecule has 0 amide bonds. The van der Waals surface area contributed by atoms with Crippen molar-refractivity contribution >= 4 is 15.9 Å². The van der Waals surface area contributed by atoms with E-state index in [4.69, 9.17) is 9.15 Å². The maximum absolute atomic E-state index is 5.84. The Bertz CT molecular complexity index is 605. The Morgan fingerprint density at radius 2 is 1.95 bits per heavy atom. The van der Waals surface area contributed by atoms with Crippen LogP contribution in [0.2, 0.25) is 0 Å². The van der Waals surface area contributed by atoms with Gasteiger partial charge in [-0.3, -0.25) is 0 Å². The number of hydrogen-bond acceptors (Lipinski definition) is 3. The molecular formula is C17H22BrNO2. The van der Waals surface area contributed by atoms with E-state index < -0.39 is 0 Å². The zero-order chi connectivity index (χ0) is 15.4. The molecule has 0 aliphatic carbocycles. The van der Waals surface area contributed by atoms with Crippen LogP contribution in [0.25, 0.3) is 0 Å². The van der Waals surface area contributed by atoms with Gasteiger partial charge in [0.25, 0.3) is 0 Å². The molecule has 1 aromatic heterocycles. The van der Waals surface area contributed by atoms with Gasteiger partial charge in [0.05, 0.1) is 6.54 Å². The molecule has 0 saturated carbocycles. The standard InChI is InChI=1S/C17H22BrNO2/c1-11(2)19-9-17-13(4)8-15(21-17)10-20-14-5-6-16(18)12(3)7-14/h5-8,11,19H,9-10H2,1-4H3. The molecule has 114 valence electrons. The highest BCUT2D eigenvalue weighted by molar-refractivity contribution is 9.10. The Morgan fingerprint density at radius 1 is 1.19 bits per heavy atom. The number of furan rings is 1. The Hall–Kier alpha value is -1.26. The Balaban J connectivity index is 1.96. The van der Waals surface area contributed by atoms with Gasteiger partial charge in [-0.1, -0.05) is 29.8 Å². The third-order valence-corrected chi connectivity index (χ3v) is 4.14. The van der Waals surface area contributed by atoms with Gasteiger partial charge in [0, 0.05) is 10.5 Å². The van der Waals surface area contributed by atoms with Crippen LogP contribution < -0.4 is 10.1 Å². The minimum atomic E-state index is 0.444. The molecule has 4 heteroatoms. The zero-order valence-corrected chi connectivity index (χ0v) is 14.6. The highest BCUT2D eigenvalue weighted by atomic mass is 79.9. The van der Waals surface area contributed by atoms with Gasteiger partial charge in [-0.2, -0.15) is 0 Å². The lowest BCUT2D eigenvalue weighted by atomic mass is 10.2. The fourth-order valence-electron chi connectivity index (χ4n) is 2.00. The first-order chi connectivity index (χ1) is 9.95. The summed E-state index contributed by atoms with van der Waals surface area (Å²) in [5.74, 6) is 2.69. The first-order valence-electron chi connectivity index (χ1n) is 7.16. The molecule has 1 N–H and O–H groups in total. The molecule has 0 atom stereocenters. The fourth-order valence-corrected chi connectivity index (χ4v) is 2.24. The fraction of sp³-hybridized carbons (Fsp3) is 0.412. The lowest BCUT2D eigenvalue weighted by molar-refractivity contribution is 0.264. The molecule has 2 aromatic rings. The molecule has 0 aliphatic rings. The smallest absolute Gasteiger partial charge is 0.146 e. The molecule has 0 fully saturated rings. The second kappa shape index (κ2) is 7.14. The molecule has 3 nitrogen and oxygen atoms in total. The highest BCUT2D eigenvalue weighted by Gasteiger charge is 2.09. The van der Waals surface area contributed by atoms with E-state index in [2.05, 4.69) is 42.0 Å². The SMILES string of the molecule is Cc1cc(OCc2cc(C)c(CNC(C)C)o2)ccc1Br. The Kier molecular flexibility index (Phi) is 5.48. The van der Waals surface area contributed by atoms with Crippen LogP contribution in [0.1, 0.15) is 36.5 Å². The van der Waals surface area contributed by atoms with Crippen LogP contribution in [0.15, 0.2) is 33.2 Å². The van der Waals surface area contributed by atoms with Crippen molar-refractivity contribution in [2.24, 2.45) is 0 Å². The van der Waals surface area contributed by atoms with Crippen molar-refractivity contribution in [2.75, 3.05) is 0 Å². The van der Waals surface area contributed by atoms with Gasteiger partial charge < -0.3 is 14.5 Å². The minimum Gasteiger partial charge on any atom is -0.486 e. The van der Waals surface area contributed by atoms with Crippen molar-refractivity contribution in [2.45, 2.75) is 46.9 Å². The normalized spacial score (nSPS) is 11.1. The Labute approximate surface area is 134 Å². The quantitative estimate of drug-likeness (QED) is 0.816. The van der Waals surface area contributed by atoms with E-state index in [1.165, 1.54) is 0 Å². The van der Waals surface area contributed by atoms with Crippen LogP contribution in [-0.2, 0) is 13.2 Å². The summed E-state index contributed by atoms with van der Waals surface area (Å²) in [6.07, 6.45) is 0. The molecule has 0 unspecified atom stereocenters. The number of benzene rings is 1. The first-order valence-corrected chi connectivity index (χ1v) is 7.95. The molecule has 1 heterocycles. The highest BCUT2D eigenvalue weighted by Crippen LogP contribution is 2.23. The van der Waals surface area contributed by atoms with Gasteiger partial charge in [0.2, 0.25) is 0 Å². The van der Waals surface area contributed by atoms with Gasteiger partial charge in [-0.05, 0) is 49.2 Å². The summed E-state index contributed by atoms with van der Waals surface area (Å²) < 4.78 is 12.7. The summed E-state index contributed by atoms with van der Waals surface area (Å²) in [6, 6.07) is 8.45. The maximum atomic E-state index is 5.84. The van der Waals surface area contributed by atoms with E-state index in [0.29, 0.717) is 12.6 Å². The number of aryl methyl sites for hydroxylation is 2. The second-order valence-electron chi connectivity index (χ2n) is 5.55. The topological polar surface area (TPSA) is 34.4 Å². The zero-order valence-electron chi connectivity index (χ0n) is 13.0. The van der Waals surface area contributed by atoms with Crippen LogP contribution in [0.3, 0.4) is 0 Å². The number of ether oxygens (including phenoxy) is 1. The number of hydrogen-bond donors (Lipinski definition) is 1. The number of halogens is 1.